The number of nitrogens with two attached hydrogens (primary N) is 1. The Morgan fingerprint density at radius 3 is 2.72 bits per heavy atom. The van der Waals surface area contributed by atoms with Gasteiger partial charge in [0.1, 0.15) is 0 Å². The van der Waals surface area contributed by atoms with Gasteiger partial charge in [-0.15, -0.1) is 0 Å². The van der Waals surface area contributed by atoms with Crippen LogP contribution >= 0.6 is 0 Å². The Kier molecular flexibility index (Phi) is 4.03. The highest BCUT2D eigenvalue weighted by atomic mass is 15.2. The molecule has 1 spiro atoms. The van der Waals surface area contributed by atoms with Crippen LogP contribution in [0.4, 0.5) is 11.9 Å². The third-order valence-corrected chi connectivity index (χ3v) is 5.41. The van der Waals surface area contributed by atoms with Crippen molar-refractivity contribution >= 4 is 11.9 Å². The van der Waals surface area contributed by atoms with Crippen LogP contribution in [0, 0.1) is 0 Å². The minimum absolute atomic E-state index is 0.163. The van der Waals surface area contributed by atoms with E-state index in [0.29, 0.717) is 5.95 Å². The van der Waals surface area contributed by atoms with Crippen molar-refractivity contribution in [1.29, 1.82) is 0 Å². The second-order valence-electron chi connectivity index (χ2n) is 7.48. The molecule has 0 bridgehead atoms. The van der Waals surface area contributed by atoms with E-state index in [2.05, 4.69) is 19.9 Å². The first-order chi connectivity index (χ1) is 12.1. The van der Waals surface area contributed by atoms with Crippen LogP contribution in [0.25, 0.3) is 0 Å². The van der Waals surface area contributed by atoms with Gasteiger partial charge in [-0.3, -0.25) is 4.90 Å². The Balaban J connectivity index is 1.57. The van der Waals surface area contributed by atoms with E-state index >= 15 is 0 Å². The lowest BCUT2D eigenvalue weighted by Crippen LogP contribution is -2.45. The number of fused-ring (bicyclic) bond motifs is 2. The number of likely N-dealkylation sites (tertiary alicyclic amines) is 1. The van der Waals surface area contributed by atoms with Gasteiger partial charge >= 0.3 is 0 Å². The summed E-state index contributed by atoms with van der Waals surface area (Å²) in [6, 6.07) is 0. The van der Waals surface area contributed by atoms with Gasteiger partial charge in [0.05, 0.1) is 5.69 Å². The van der Waals surface area contributed by atoms with Crippen molar-refractivity contribution in [3.63, 3.8) is 0 Å². The van der Waals surface area contributed by atoms with Crippen LogP contribution in [0.3, 0.4) is 0 Å². The van der Waals surface area contributed by atoms with Gasteiger partial charge in [0, 0.05) is 56.8 Å². The lowest BCUT2D eigenvalue weighted by molar-refractivity contribution is 0.136. The number of aromatic nitrogens is 4. The normalized spacial score (nSPS) is 23.0. The van der Waals surface area contributed by atoms with E-state index < -0.39 is 0 Å². The number of nitrogen functional groups attached to an aromatic ring is 1. The van der Waals surface area contributed by atoms with Gasteiger partial charge in [0.2, 0.25) is 11.9 Å². The summed E-state index contributed by atoms with van der Waals surface area (Å²) in [5.74, 6) is 1.14. The molecule has 25 heavy (non-hydrogen) atoms. The Labute approximate surface area is 148 Å². The zero-order chi connectivity index (χ0) is 17.4. The SMILES string of the molecule is CN(C)c1ncc2c(n1)C1(CCCN(Cc3cnc(N)nc3)C1)CC2. The monoisotopic (exact) mass is 339 g/mol. The number of rotatable bonds is 3. The number of piperidine rings is 1. The summed E-state index contributed by atoms with van der Waals surface area (Å²) >= 11 is 0. The molecule has 0 saturated carbocycles. The lowest BCUT2D eigenvalue weighted by atomic mass is 9.77. The average molecular weight is 339 g/mol. The smallest absolute Gasteiger partial charge is 0.225 e. The van der Waals surface area contributed by atoms with Gasteiger partial charge in [-0.25, -0.2) is 19.9 Å². The fourth-order valence-electron chi connectivity index (χ4n) is 4.21. The zero-order valence-corrected chi connectivity index (χ0v) is 14.9. The lowest BCUT2D eigenvalue weighted by Gasteiger charge is -2.40. The standard InChI is InChI=1S/C18H25N7/c1-24(2)17-22-10-14-4-6-18(15(14)23-17)5-3-7-25(12-18)11-13-8-20-16(19)21-9-13/h8-10H,3-7,11-12H2,1-2H3,(H2,19,20,21). The molecule has 0 amide bonds. The van der Waals surface area contributed by atoms with E-state index in [4.69, 9.17) is 10.7 Å². The van der Waals surface area contributed by atoms with Gasteiger partial charge in [-0.1, -0.05) is 0 Å². The molecule has 2 aromatic rings. The number of nitrogens with zero attached hydrogens (tertiary/aromatic N) is 6. The van der Waals surface area contributed by atoms with Gasteiger partial charge in [0.15, 0.2) is 0 Å². The molecule has 1 aliphatic carbocycles. The second-order valence-corrected chi connectivity index (χ2v) is 7.48. The van der Waals surface area contributed by atoms with Crippen molar-refractivity contribution in [2.24, 2.45) is 0 Å². The summed E-state index contributed by atoms with van der Waals surface area (Å²) in [5.41, 5.74) is 9.46. The second kappa shape index (κ2) is 6.22. The number of anilines is 2. The highest BCUT2D eigenvalue weighted by Crippen LogP contribution is 2.44. The van der Waals surface area contributed by atoms with E-state index in [-0.39, 0.29) is 5.41 Å². The molecule has 2 aromatic heterocycles. The van der Waals surface area contributed by atoms with Crippen LogP contribution in [-0.4, -0.2) is 52.0 Å². The third-order valence-electron chi connectivity index (χ3n) is 5.41. The highest BCUT2D eigenvalue weighted by molar-refractivity contribution is 5.39. The van der Waals surface area contributed by atoms with Gasteiger partial charge in [-0.2, -0.15) is 0 Å². The highest BCUT2D eigenvalue weighted by Gasteiger charge is 2.43. The fourth-order valence-corrected chi connectivity index (χ4v) is 4.21. The quantitative estimate of drug-likeness (QED) is 0.904. The maximum atomic E-state index is 5.59. The minimum atomic E-state index is 0.163. The van der Waals surface area contributed by atoms with E-state index in [1.54, 1.807) is 0 Å². The molecule has 7 heteroatoms. The summed E-state index contributed by atoms with van der Waals surface area (Å²) in [5, 5.41) is 0. The van der Waals surface area contributed by atoms with E-state index in [1.165, 1.54) is 30.5 Å². The summed E-state index contributed by atoms with van der Waals surface area (Å²) in [7, 11) is 4.00. The van der Waals surface area contributed by atoms with Crippen molar-refractivity contribution < 1.29 is 0 Å². The maximum absolute atomic E-state index is 5.59. The van der Waals surface area contributed by atoms with E-state index in [1.807, 2.05) is 37.6 Å². The van der Waals surface area contributed by atoms with Crippen LogP contribution in [0.15, 0.2) is 18.6 Å². The van der Waals surface area contributed by atoms with E-state index in [0.717, 1.165) is 37.6 Å². The summed E-state index contributed by atoms with van der Waals surface area (Å²) in [6.07, 6.45) is 10.3. The Morgan fingerprint density at radius 2 is 1.96 bits per heavy atom. The molecule has 7 nitrogen and oxygen atoms in total. The number of hydrogen-bond donors (Lipinski definition) is 1. The van der Waals surface area contributed by atoms with Crippen LogP contribution < -0.4 is 10.6 Å². The Morgan fingerprint density at radius 1 is 1.16 bits per heavy atom. The van der Waals surface area contributed by atoms with Crippen LogP contribution in [0.1, 0.15) is 36.1 Å². The molecular formula is C18H25N7. The molecule has 3 heterocycles. The summed E-state index contributed by atoms with van der Waals surface area (Å²) < 4.78 is 0. The van der Waals surface area contributed by atoms with Crippen LogP contribution in [-0.2, 0) is 18.4 Å². The van der Waals surface area contributed by atoms with E-state index in [9.17, 15) is 0 Å². The molecule has 4 rings (SSSR count). The number of aryl methyl sites for hydroxylation is 1. The largest absolute Gasteiger partial charge is 0.368 e. The molecule has 0 aromatic carbocycles. The van der Waals surface area contributed by atoms with Crippen molar-refractivity contribution in [2.75, 3.05) is 37.8 Å². The molecule has 2 aliphatic rings. The summed E-state index contributed by atoms with van der Waals surface area (Å²) in [6.45, 7) is 3.00. The summed E-state index contributed by atoms with van der Waals surface area (Å²) in [4.78, 5) is 22.1. The topological polar surface area (TPSA) is 84.1 Å². The molecule has 1 fully saturated rings. The van der Waals surface area contributed by atoms with Gasteiger partial charge in [-0.05, 0) is 37.8 Å². The van der Waals surface area contributed by atoms with Crippen molar-refractivity contribution in [3.05, 3.63) is 35.4 Å². The zero-order valence-electron chi connectivity index (χ0n) is 14.9. The first-order valence-electron chi connectivity index (χ1n) is 8.88. The fraction of sp³-hybridized carbons (Fsp3) is 0.556. The van der Waals surface area contributed by atoms with Crippen molar-refractivity contribution in [2.45, 2.75) is 37.6 Å². The van der Waals surface area contributed by atoms with Crippen LogP contribution in [0.2, 0.25) is 0 Å². The van der Waals surface area contributed by atoms with Crippen molar-refractivity contribution in [3.8, 4) is 0 Å². The molecule has 1 aliphatic heterocycles. The predicted octanol–water partition coefficient (Wildman–Crippen LogP) is 1.39. The van der Waals surface area contributed by atoms with Gasteiger partial charge < -0.3 is 10.6 Å². The first-order valence-corrected chi connectivity index (χ1v) is 8.88. The third kappa shape index (κ3) is 3.04. The molecule has 2 N–H and O–H groups in total. The van der Waals surface area contributed by atoms with Crippen LogP contribution in [0.5, 0.6) is 0 Å². The Hall–Kier alpha value is -2.28. The van der Waals surface area contributed by atoms with Crippen molar-refractivity contribution in [1.82, 2.24) is 24.8 Å². The average Bonchev–Trinajstić information content (AvgIpc) is 2.95. The molecule has 1 saturated heterocycles. The first kappa shape index (κ1) is 16.2. The minimum Gasteiger partial charge on any atom is -0.368 e. The molecule has 1 atom stereocenters. The molecular weight excluding hydrogens is 314 g/mol. The number of hydrogen-bond acceptors (Lipinski definition) is 7. The molecule has 1 unspecified atom stereocenters. The maximum Gasteiger partial charge on any atom is 0.225 e. The molecule has 0 radical (unpaired) electrons. The van der Waals surface area contributed by atoms with Gasteiger partial charge in [0.25, 0.3) is 0 Å². The molecule has 132 valence electrons. The Bertz CT molecular complexity index is 755. The predicted molar refractivity (Wildman–Crippen MR) is 97.3 cm³/mol.